The number of aryl methyl sites for hydroxylation is 1. The molecule has 1 aliphatic rings. The number of nitrogens with zero attached hydrogens (tertiary/aromatic N) is 1. The second kappa shape index (κ2) is 6.84. The van der Waals surface area contributed by atoms with Crippen LogP contribution in [0, 0.1) is 13.8 Å². The summed E-state index contributed by atoms with van der Waals surface area (Å²) in [6, 6.07) is 13.8. The van der Waals surface area contributed by atoms with Crippen molar-refractivity contribution in [2.24, 2.45) is 0 Å². The fourth-order valence-corrected chi connectivity index (χ4v) is 2.75. The van der Waals surface area contributed by atoms with E-state index in [1.165, 1.54) is 11.1 Å². The van der Waals surface area contributed by atoms with Crippen molar-refractivity contribution in [1.82, 2.24) is 4.90 Å². The zero-order valence-corrected chi connectivity index (χ0v) is 13.6. The molecule has 0 saturated carbocycles. The van der Waals surface area contributed by atoms with Crippen LogP contribution in [0.1, 0.15) is 21.5 Å². The first kappa shape index (κ1) is 15.6. The maximum absolute atomic E-state index is 12.8. The Balaban J connectivity index is 1.88. The molecule has 23 heavy (non-hydrogen) atoms. The summed E-state index contributed by atoms with van der Waals surface area (Å²) in [5.74, 6) is 0.0571. The standard InChI is InChI=1S/C19H22N2O2/c1-14-6-5-9-17(15(14)2)20-18-8-4-3-7-16(18)19(22)21-10-12-23-13-11-21/h3-9,20H,10-13H2,1-2H3. The van der Waals surface area contributed by atoms with Gasteiger partial charge >= 0.3 is 0 Å². The minimum absolute atomic E-state index is 0.0571. The minimum Gasteiger partial charge on any atom is -0.378 e. The lowest BCUT2D eigenvalue weighted by molar-refractivity contribution is 0.0303. The number of nitrogens with one attached hydrogen (secondary N) is 1. The van der Waals surface area contributed by atoms with Crippen molar-refractivity contribution in [3.63, 3.8) is 0 Å². The van der Waals surface area contributed by atoms with Crippen molar-refractivity contribution in [1.29, 1.82) is 0 Å². The summed E-state index contributed by atoms with van der Waals surface area (Å²) in [6.07, 6.45) is 0. The molecule has 1 saturated heterocycles. The number of ether oxygens (including phenoxy) is 1. The van der Waals surface area contributed by atoms with Crippen LogP contribution in [0.4, 0.5) is 11.4 Å². The highest BCUT2D eigenvalue weighted by molar-refractivity contribution is 6.00. The van der Waals surface area contributed by atoms with E-state index < -0.39 is 0 Å². The largest absolute Gasteiger partial charge is 0.378 e. The highest BCUT2D eigenvalue weighted by Crippen LogP contribution is 2.26. The molecule has 0 aliphatic carbocycles. The van der Waals surface area contributed by atoms with Gasteiger partial charge in [-0.1, -0.05) is 24.3 Å². The predicted molar refractivity (Wildman–Crippen MR) is 92.4 cm³/mol. The van der Waals surface area contributed by atoms with Crippen LogP contribution >= 0.6 is 0 Å². The van der Waals surface area contributed by atoms with Gasteiger partial charge in [0.25, 0.3) is 5.91 Å². The normalized spacial score (nSPS) is 14.6. The SMILES string of the molecule is Cc1cccc(Nc2ccccc2C(=O)N2CCOCC2)c1C. The number of amides is 1. The Labute approximate surface area is 137 Å². The van der Waals surface area contributed by atoms with E-state index in [0.29, 0.717) is 31.9 Å². The van der Waals surface area contributed by atoms with Gasteiger partial charge in [0, 0.05) is 18.8 Å². The molecule has 2 aromatic rings. The van der Waals surface area contributed by atoms with Crippen molar-refractivity contribution >= 4 is 17.3 Å². The number of hydrogen-bond acceptors (Lipinski definition) is 3. The van der Waals surface area contributed by atoms with Crippen LogP contribution < -0.4 is 5.32 Å². The quantitative estimate of drug-likeness (QED) is 0.943. The Hall–Kier alpha value is -2.33. The van der Waals surface area contributed by atoms with Crippen LogP contribution in [0.3, 0.4) is 0 Å². The molecule has 0 atom stereocenters. The molecule has 1 heterocycles. The van der Waals surface area contributed by atoms with Gasteiger partial charge in [0.1, 0.15) is 0 Å². The maximum Gasteiger partial charge on any atom is 0.256 e. The Morgan fingerprint density at radius 3 is 2.48 bits per heavy atom. The van der Waals surface area contributed by atoms with Gasteiger partial charge in [0.15, 0.2) is 0 Å². The summed E-state index contributed by atoms with van der Waals surface area (Å²) in [5, 5.41) is 3.42. The molecule has 0 radical (unpaired) electrons. The van der Waals surface area contributed by atoms with Crippen LogP contribution in [0.25, 0.3) is 0 Å². The number of carbonyl (C=O) groups is 1. The lowest BCUT2D eigenvalue weighted by Gasteiger charge is -2.27. The monoisotopic (exact) mass is 310 g/mol. The first-order chi connectivity index (χ1) is 11.2. The average Bonchev–Trinajstić information content (AvgIpc) is 2.60. The molecule has 1 aliphatic heterocycles. The van der Waals surface area contributed by atoms with Gasteiger partial charge in [0.05, 0.1) is 24.5 Å². The Morgan fingerprint density at radius 2 is 1.70 bits per heavy atom. The fourth-order valence-electron chi connectivity index (χ4n) is 2.75. The molecule has 0 spiro atoms. The highest BCUT2D eigenvalue weighted by atomic mass is 16.5. The summed E-state index contributed by atoms with van der Waals surface area (Å²) in [7, 11) is 0. The zero-order valence-electron chi connectivity index (χ0n) is 13.6. The van der Waals surface area contributed by atoms with E-state index in [9.17, 15) is 4.79 Å². The van der Waals surface area contributed by atoms with E-state index >= 15 is 0 Å². The molecule has 4 heteroatoms. The summed E-state index contributed by atoms with van der Waals surface area (Å²) >= 11 is 0. The number of benzene rings is 2. The van der Waals surface area contributed by atoms with Crippen molar-refractivity contribution in [3.8, 4) is 0 Å². The average molecular weight is 310 g/mol. The summed E-state index contributed by atoms with van der Waals surface area (Å²) < 4.78 is 5.33. The fraction of sp³-hybridized carbons (Fsp3) is 0.316. The first-order valence-corrected chi connectivity index (χ1v) is 7.96. The van der Waals surface area contributed by atoms with Gasteiger partial charge in [-0.25, -0.2) is 0 Å². The van der Waals surface area contributed by atoms with Gasteiger partial charge in [0.2, 0.25) is 0 Å². The number of anilines is 2. The Kier molecular flexibility index (Phi) is 4.63. The molecule has 120 valence electrons. The number of hydrogen-bond donors (Lipinski definition) is 1. The first-order valence-electron chi connectivity index (χ1n) is 7.96. The smallest absolute Gasteiger partial charge is 0.256 e. The van der Waals surface area contributed by atoms with Gasteiger partial charge in [-0.3, -0.25) is 4.79 Å². The van der Waals surface area contributed by atoms with E-state index in [2.05, 4.69) is 25.2 Å². The van der Waals surface area contributed by atoms with Gasteiger partial charge < -0.3 is 15.0 Å². The van der Waals surface area contributed by atoms with Crippen molar-refractivity contribution in [2.75, 3.05) is 31.6 Å². The van der Waals surface area contributed by atoms with E-state index in [1.807, 2.05) is 41.3 Å². The maximum atomic E-state index is 12.8. The molecular weight excluding hydrogens is 288 g/mol. The Morgan fingerprint density at radius 1 is 1.00 bits per heavy atom. The van der Waals surface area contributed by atoms with Crippen molar-refractivity contribution in [2.45, 2.75) is 13.8 Å². The Bertz CT molecular complexity index is 706. The van der Waals surface area contributed by atoms with Gasteiger partial charge in [-0.15, -0.1) is 0 Å². The molecule has 0 bridgehead atoms. The molecule has 0 aromatic heterocycles. The third-order valence-corrected chi connectivity index (χ3v) is 4.33. The molecular formula is C19H22N2O2. The molecule has 3 rings (SSSR count). The van der Waals surface area contributed by atoms with Crippen LogP contribution in [-0.4, -0.2) is 37.1 Å². The van der Waals surface area contributed by atoms with E-state index in [4.69, 9.17) is 4.74 Å². The molecule has 1 fully saturated rings. The topological polar surface area (TPSA) is 41.6 Å². The molecule has 0 unspecified atom stereocenters. The number of para-hydroxylation sites is 1. The van der Waals surface area contributed by atoms with Crippen molar-refractivity contribution in [3.05, 3.63) is 59.2 Å². The summed E-state index contributed by atoms with van der Waals surface area (Å²) in [4.78, 5) is 14.6. The minimum atomic E-state index is 0.0571. The molecule has 1 amide bonds. The summed E-state index contributed by atoms with van der Waals surface area (Å²) in [5.41, 5.74) is 5.01. The van der Waals surface area contributed by atoms with Crippen molar-refractivity contribution < 1.29 is 9.53 Å². The second-order valence-electron chi connectivity index (χ2n) is 5.82. The lowest BCUT2D eigenvalue weighted by atomic mass is 10.1. The van der Waals surface area contributed by atoms with E-state index in [1.54, 1.807) is 0 Å². The highest BCUT2D eigenvalue weighted by Gasteiger charge is 2.21. The van der Waals surface area contributed by atoms with E-state index in [0.717, 1.165) is 11.4 Å². The molecule has 1 N–H and O–H groups in total. The van der Waals surface area contributed by atoms with Crippen LogP contribution in [0.15, 0.2) is 42.5 Å². The van der Waals surface area contributed by atoms with Gasteiger partial charge in [-0.05, 0) is 43.2 Å². The third kappa shape index (κ3) is 3.37. The number of rotatable bonds is 3. The number of carbonyl (C=O) groups excluding carboxylic acids is 1. The third-order valence-electron chi connectivity index (χ3n) is 4.33. The van der Waals surface area contributed by atoms with E-state index in [-0.39, 0.29) is 5.91 Å². The molecule has 2 aromatic carbocycles. The van der Waals surface area contributed by atoms with Crippen LogP contribution in [-0.2, 0) is 4.74 Å². The lowest BCUT2D eigenvalue weighted by Crippen LogP contribution is -2.40. The van der Waals surface area contributed by atoms with Crippen LogP contribution in [0.2, 0.25) is 0 Å². The number of morpholine rings is 1. The molecule has 4 nitrogen and oxygen atoms in total. The summed E-state index contributed by atoms with van der Waals surface area (Å²) in [6.45, 7) is 6.69. The zero-order chi connectivity index (χ0) is 16.2. The predicted octanol–water partition coefficient (Wildman–Crippen LogP) is 3.52. The van der Waals surface area contributed by atoms with Gasteiger partial charge in [-0.2, -0.15) is 0 Å². The van der Waals surface area contributed by atoms with Crippen LogP contribution in [0.5, 0.6) is 0 Å². The second-order valence-corrected chi connectivity index (χ2v) is 5.82.